The molecule has 0 aliphatic rings. The number of rotatable bonds is 9. The van der Waals surface area contributed by atoms with Gasteiger partial charge in [0.25, 0.3) is 0 Å². The second kappa shape index (κ2) is 9.24. The smallest absolute Gasteiger partial charge is 0.196 e. The lowest BCUT2D eigenvalue weighted by atomic mass is 10.0. The van der Waals surface area contributed by atoms with E-state index in [1.54, 1.807) is 21.1 Å². The molecule has 1 aromatic carbocycles. The van der Waals surface area contributed by atoms with Gasteiger partial charge in [0.1, 0.15) is 17.1 Å². The van der Waals surface area contributed by atoms with Crippen molar-refractivity contribution in [2.24, 2.45) is 0 Å². The van der Waals surface area contributed by atoms with Crippen LogP contribution in [0.4, 0.5) is 0 Å². The zero-order valence-corrected chi connectivity index (χ0v) is 17.8. The van der Waals surface area contributed by atoms with E-state index in [0.29, 0.717) is 46.7 Å². The average Bonchev–Trinajstić information content (AvgIpc) is 2.67. The third kappa shape index (κ3) is 4.86. The molecule has 0 amide bonds. The molecule has 2 N–H and O–H groups in total. The molecule has 0 fully saturated rings. The van der Waals surface area contributed by atoms with Gasteiger partial charge in [0.15, 0.2) is 11.2 Å². The number of aryl methyl sites for hydroxylation is 1. The third-order valence-electron chi connectivity index (χ3n) is 4.77. The van der Waals surface area contributed by atoms with E-state index < -0.39 is 11.4 Å². The SMILES string of the molecule is COCCCc1cc(OC)c2c(=O)c(C)c(C=CC(=O)C(C)(C)O)[nH]c2c1OC. The number of fused-ring (bicyclic) bond motifs is 1. The molecule has 2 aromatic rings. The van der Waals surface area contributed by atoms with Gasteiger partial charge in [-0.15, -0.1) is 0 Å². The Hall–Kier alpha value is -2.64. The van der Waals surface area contributed by atoms with Gasteiger partial charge in [-0.2, -0.15) is 0 Å². The predicted octanol–water partition coefficient (Wildman–Crippen LogP) is 2.79. The molecule has 1 heterocycles. The first kappa shape index (κ1) is 22.6. The fourth-order valence-corrected chi connectivity index (χ4v) is 3.09. The fraction of sp³-hybridized carbons (Fsp3) is 0.455. The van der Waals surface area contributed by atoms with Crippen LogP contribution in [0.15, 0.2) is 16.9 Å². The van der Waals surface area contributed by atoms with Gasteiger partial charge in [0.2, 0.25) is 0 Å². The molecule has 0 aliphatic carbocycles. The second-order valence-electron chi connectivity index (χ2n) is 7.37. The number of H-pyrrole nitrogens is 1. The van der Waals surface area contributed by atoms with Gasteiger partial charge >= 0.3 is 0 Å². The number of aliphatic hydroxyl groups is 1. The van der Waals surface area contributed by atoms with Gasteiger partial charge in [0, 0.05) is 30.5 Å². The van der Waals surface area contributed by atoms with E-state index in [1.165, 1.54) is 33.1 Å². The number of carbonyl (C=O) groups is 1. The Bertz CT molecular complexity index is 982. The molecule has 29 heavy (non-hydrogen) atoms. The first-order valence-electron chi connectivity index (χ1n) is 9.40. The summed E-state index contributed by atoms with van der Waals surface area (Å²) in [6.45, 7) is 5.09. The van der Waals surface area contributed by atoms with Gasteiger partial charge < -0.3 is 24.3 Å². The summed E-state index contributed by atoms with van der Waals surface area (Å²) in [5.41, 5.74) is 0.588. The summed E-state index contributed by atoms with van der Waals surface area (Å²) in [6, 6.07) is 1.82. The lowest BCUT2D eigenvalue weighted by Crippen LogP contribution is -2.29. The van der Waals surface area contributed by atoms with Gasteiger partial charge in [-0.3, -0.25) is 9.59 Å². The molecule has 0 radical (unpaired) electrons. The number of methoxy groups -OCH3 is 3. The van der Waals surface area contributed by atoms with Crippen molar-refractivity contribution in [3.8, 4) is 11.5 Å². The van der Waals surface area contributed by atoms with Crippen molar-refractivity contribution in [1.29, 1.82) is 0 Å². The molecule has 2 rings (SSSR count). The van der Waals surface area contributed by atoms with E-state index in [0.717, 1.165) is 12.0 Å². The first-order chi connectivity index (χ1) is 13.6. The minimum absolute atomic E-state index is 0.215. The molecule has 158 valence electrons. The van der Waals surface area contributed by atoms with Crippen molar-refractivity contribution in [1.82, 2.24) is 4.98 Å². The number of aromatic amines is 1. The molecule has 0 unspecified atom stereocenters. The van der Waals surface area contributed by atoms with Crippen LogP contribution in [-0.2, 0) is 16.0 Å². The fourth-order valence-electron chi connectivity index (χ4n) is 3.09. The van der Waals surface area contributed by atoms with Crippen LogP contribution in [0.2, 0.25) is 0 Å². The monoisotopic (exact) mass is 403 g/mol. The summed E-state index contributed by atoms with van der Waals surface area (Å²) in [5.74, 6) is 0.550. The predicted molar refractivity (Wildman–Crippen MR) is 113 cm³/mol. The normalized spacial score (nSPS) is 12.0. The van der Waals surface area contributed by atoms with Crippen molar-refractivity contribution >= 4 is 22.8 Å². The molecule has 0 aliphatic heterocycles. The van der Waals surface area contributed by atoms with Crippen LogP contribution in [0.1, 0.15) is 37.1 Å². The van der Waals surface area contributed by atoms with Gasteiger partial charge in [-0.1, -0.05) is 0 Å². The zero-order valence-electron chi connectivity index (χ0n) is 17.8. The van der Waals surface area contributed by atoms with Crippen LogP contribution >= 0.6 is 0 Å². The van der Waals surface area contributed by atoms with E-state index in [-0.39, 0.29) is 5.43 Å². The summed E-state index contributed by atoms with van der Waals surface area (Å²) in [4.78, 5) is 28.3. The average molecular weight is 403 g/mol. The van der Waals surface area contributed by atoms with Gasteiger partial charge in [0.05, 0.1) is 25.1 Å². The number of hydrogen-bond donors (Lipinski definition) is 2. The number of pyridine rings is 1. The standard InChI is InChI=1S/C22H29NO6/c1-13-15(9-10-17(24)22(2,3)26)23-19-18(20(13)25)16(28-5)12-14(21(19)29-6)8-7-11-27-4/h9-10,12,26H,7-8,11H2,1-6H3,(H,23,25). The quantitative estimate of drug-likeness (QED) is 0.494. The molecule has 1 aromatic heterocycles. The Balaban J connectivity index is 2.71. The third-order valence-corrected chi connectivity index (χ3v) is 4.77. The molecular formula is C22H29NO6. The second-order valence-corrected chi connectivity index (χ2v) is 7.37. The maximum absolute atomic E-state index is 13.1. The topological polar surface area (TPSA) is 97.9 Å². The van der Waals surface area contributed by atoms with Crippen LogP contribution in [0.25, 0.3) is 17.0 Å². The lowest BCUT2D eigenvalue weighted by Gasteiger charge is -2.16. The van der Waals surface area contributed by atoms with Crippen molar-refractivity contribution in [2.45, 2.75) is 39.2 Å². The summed E-state index contributed by atoms with van der Waals surface area (Å²) < 4.78 is 16.2. The minimum atomic E-state index is -1.49. The summed E-state index contributed by atoms with van der Waals surface area (Å²) >= 11 is 0. The molecule has 7 heteroatoms. The molecule has 0 bridgehead atoms. The molecular weight excluding hydrogens is 374 g/mol. The highest BCUT2D eigenvalue weighted by molar-refractivity contribution is 5.99. The highest BCUT2D eigenvalue weighted by Crippen LogP contribution is 2.35. The van der Waals surface area contributed by atoms with Crippen molar-refractivity contribution in [2.75, 3.05) is 27.9 Å². The van der Waals surface area contributed by atoms with Crippen LogP contribution < -0.4 is 14.9 Å². The lowest BCUT2D eigenvalue weighted by molar-refractivity contribution is -0.128. The van der Waals surface area contributed by atoms with E-state index in [9.17, 15) is 14.7 Å². The number of hydrogen-bond acceptors (Lipinski definition) is 6. The molecule has 0 atom stereocenters. The van der Waals surface area contributed by atoms with Crippen LogP contribution in [0, 0.1) is 6.92 Å². The van der Waals surface area contributed by atoms with Crippen molar-refractivity contribution < 1.29 is 24.1 Å². The van der Waals surface area contributed by atoms with Crippen molar-refractivity contribution in [3.63, 3.8) is 0 Å². The Morgan fingerprint density at radius 1 is 1.24 bits per heavy atom. The largest absolute Gasteiger partial charge is 0.496 e. The molecule has 0 saturated heterocycles. The van der Waals surface area contributed by atoms with E-state index >= 15 is 0 Å². The summed E-state index contributed by atoms with van der Waals surface area (Å²) in [7, 11) is 4.71. The maximum atomic E-state index is 13.1. The Labute approximate surface area is 170 Å². The molecule has 0 saturated carbocycles. The number of ether oxygens (including phenoxy) is 3. The Morgan fingerprint density at radius 3 is 2.48 bits per heavy atom. The Morgan fingerprint density at radius 2 is 1.93 bits per heavy atom. The van der Waals surface area contributed by atoms with E-state index in [1.807, 2.05) is 6.07 Å². The van der Waals surface area contributed by atoms with Crippen molar-refractivity contribution in [3.05, 3.63) is 39.2 Å². The highest BCUT2D eigenvalue weighted by atomic mass is 16.5. The number of aromatic nitrogens is 1. The molecule has 0 spiro atoms. The van der Waals surface area contributed by atoms with Crippen LogP contribution in [0.3, 0.4) is 0 Å². The number of nitrogens with one attached hydrogen (secondary N) is 1. The van der Waals surface area contributed by atoms with Crippen LogP contribution in [-0.4, -0.2) is 49.4 Å². The van der Waals surface area contributed by atoms with Gasteiger partial charge in [-0.05, 0) is 51.8 Å². The van der Waals surface area contributed by atoms with E-state index in [4.69, 9.17) is 14.2 Å². The minimum Gasteiger partial charge on any atom is -0.496 e. The van der Waals surface area contributed by atoms with Gasteiger partial charge in [-0.25, -0.2) is 0 Å². The number of carbonyl (C=O) groups excluding carboxylic acids is 1. The summed E-state index contributed by atoms with van der Waals surface area (Å²) in [6.07, 6.45) is 4.22. The maximum Gasteiger partial charge on any atom is 0.196 e. The number of benzene rings is 1. The highest BCUT2D eigenvalue weighted by Gasteiger charge is 2.22. The Kier molecular flexibility index (Phi) is 7.21. The molecule has 7 nitrogen and oxygen atoms in total. The summed E-state index contributed by atoms with van der Waals surface area (Å²) in [5, 5.41) is 10.2. The zero-order chi connectivity index (χ0) is 21.8. The van der Waals surface area contributed by atoms with Crippen LogP contribution in [0.5, 0.6) is 11.5 Å². The first-order valence-corrected chi connectivity index (χ1v) is 9.40. The van der Waals surface area contributed by atoms with E-state index in [2.05, 4.69) is 4.98 Å². The number of ketones is 1.